The molecule has 1 rings (SSSR count). The van der Waals surface area contributed by atoms with Gasteiger partial charge in [0.05, 0.1) is 11.5 Å². The van der Waals surface area contributed by atoms with Gasteiger partial charge < -0.3 is 10.4 Å². The number of carboxylic acid groups (broad SMARTS) is 1. The number of nitrogens with one attached hydrogen (secondary N) is 1. The summed E-state index contributed by atoms with van der Waals surface area (Å²) in [6, 6.07) is 0.424. The summed E-state index contributed by atoms with van der Waals surface area (Å²) in [6.07, 6.45) is 0.345. The second-order valence-electron chi connectivity index (χ2n) is 4.09. The normalized spacial score (nSPS) is 12.9. The van der Waals surface area contributed by atoms with Gasteiger partial charge in [-0.25, -0.2) is 13.2 Å². The van der Waals surface area contributed by atoms with E-state index in [2.05, 4.69) is 5.32 Å². The SMILES string of the molecule is CC(=O)N[C@@H](CS(=O)(=O)CCc1ccsc1)C(=O)O. The van der Waals surface area contributed by atoms with Gasteiger partial charge in [-0.05, 0) is 28.8 Å². The molecular formula is C11H15NO5S2. The van der Waals surface area contributed by atoms with Crippen LogP contribution in [0, 0.1) is 0 Å². The number of carbonyl (C=O) groups excluding carboxylic acids is 1. The molecule has 0 radical (unpaired) electrons. The van der Waals surface area contributed by atoms with Crippen LogP contribution in [0.5, 0.6) is 0 Å². The summed E-state index contributed by atoms with van der Waals surface area (Å²) in [5.41, 5.74) is 0.903. The van der Waals surface area contributed by atoms with Crippen LogP contribution in [0.4, 0.5) is 0 Å². The van der Waals surface area contributed by atoms with Crippen LogP contribution in [0.1, 0.15) is 12.5 Å². The van der Waals surface area contributed by atoms with Crippen molar-refractivity contribution in [1.29, 1.82) is 0 Å². The first-order valence-electron chi connectivity index (χ1n) is 5.51. The van der Waals surface area contributed by atoms with Crippen LogP contribution in [-0.2, 0) is 25.8 Å². The fourth-order valence-corrected chi connectivity index (χ4v) is 3.62. The van der Waals surface area contributed by atoms with Gasteiger partial charge in [-0.15, -0.1) is 0 Å². The Morgan fingerprint density at radius 3 is 2.63 bits per heavy atom. The molecule has 1 aromatic heterocycles. The maximum absolute atomic E-state index is 11.8. The molecule has 0 spiro atoms. The van der Waals surface area contributed by atoms with Crippen molar-refractivity contribution < 1.29 is 23.1 Å². The predicted octanol–water partition coefficient (Wildman–Crippen LogP) is 0.295. The first-order chi connectivity index (χ1) is 8.80. The lowest BCUT2D eigenvalue weighted by Crippen LogP contribution is -2.44. The van der Waals surface area contributed by atoms with Crippen LogP contribution in [0.15, 0.2) is 16.8 Å². The van der Waals surface area contributed by atoms with Gasteiger partial charge in [-0.2, -0.15) is 11.3 Å². The monoisotopic (exact) mass is 305 g/mol. The maximum Gasteiger partial charge on any atom is 0.327 e. The van der Waals surface area contributed by atoms with Crippen LogP contribution in [0.2, 0.25) is 0 Å². The van der Waals surface area contributed by atoms with Gasteiger partial charge in [0.15, 0.2) is 9.84 Å². The zero-order valence-electron chi connectivity index (χ0n) is 10.3. The number of hydrogen-bond acceptors (Lipinski definition) is 5. The molecule has 19 heavy (non-hydrogen) atoms. The molecular weight excluding hydrogens is 290 g/mol. The molecule has 0 unspecified atom stereocenters. The van der Waals surface area contributed by atoms with Gasteiger partial charge in [0.1, 0.15) is 6.04 Å². The minimum atomic E-state index is -3.54. The molecule has 8 heteroatoms. The van der Waals surface area contributed by atoms with E-state index in [0.29, 0.717) is 6.42 Å². The standard InChI is InChI=1S/C11H15NO5S2/c1-8(13)12-10(11(14)15)7-19(16,17)5-3-9-2-4-18-6-9/h2,4,6,10H,3,5,7H2,1H3,(H,12,13)(H,14,15)/t10-/m0/s1. The lowest BCUT2D eigenvalue weighted by molar-refractivity contribution is -0.140. The lowest BCUT2D eigenvalue weighted by Gasteiger charge is -2.13. The number of aryl methyl sites for hydroxylation is 1. The Kier molecular flexibility index (Phi) is 5.49. The van der Waals surface area contributed by atoms with Crippen LogP contribution in [0.25, 0.3) is 0 Å². The number of aliphatic carboxylic acids is 1. The third-order valence-corrected chi connectivity index (χ3v) is 4.78. The summed E-state index contributed by atoms with van der Waals surface area (Å²) < 4.78 is 23.6. The first kappa shape index (κ1) is 15.6. The van der Waals surface area contributed by atoms with Crippen molar-refractivity contribution in [1.82, 2.24) is 5.32 Å². The molecule has 0 bridgehead atoms. The Balaban J connectivity index is 2.60. The van der Waals surface area contributed by atoms with E-state index in [1.54, 1.807) is 0 Å². The van der Waals surface area contributed by atoms with Crippen molar-refractivity contribution in [3.05, 3.63) is 22.4 Å². The van der Waals surface area contributed by atoms with Gasteiger partial charge >= 0.3 is 5.97 Å². The number of hydrogen-bond donors (Lipinski definition) is 2. The average molecular weight is 305 g/mol. The maximum atomic E-state index is 11.8. The molecule has 0 aromatic carbocycles. The van der Waals surface area contributed by atoms with E-state index in [1.165, 1.54) is 11.3 Å². The molecule has 6 nitrogen and oxygen atoms in total. The minimum Gasteiger partial charge on any atom is -0.480 e. The number of amides is 1. The summed E-state index contributed by atoms with van der Waals surface area (Å²) in [5, 5.41) is 14.7. The van der Waals surface area contributed by atoms with Crippen molar-refractivity contribution in [2.24, 2.45) is 0 Å². The van der Waals surface area contributed by atoms with Gasteiger partial charge in [0, 0.05) is 6.92 Å². The average Bonchev–Trinajstić information content (AvgIpc) is 2.77. The summed E-state index contributed by atoms with van der Waals surface area (Å²) in [4.78, 5) is 21.7. The van der Waals surface area contributed by atoms with Gasteiger partial charge in [-0.3, -0.25) is 4.79 Å². The predicted molar refractivity (Wildman–Crippen MR) is 71.9 cm³/mol. The highest BCUT2D eigenvalue weighted by Gasteiger charge is 2.25. The minimum absolute atomic E-state index is 0.132. The molecule has 0 saturated carbocycles. The Morgan fingerprint density at radius 2 is 2.16 bits per heavy atom. The second kappa shape index (κ2) is 6.67. The molecule has 1 amide bonds. The van der Waals surface area contributed by atoms with Crippen LogP contribution in [0.3, 0.4) is 0 Å². The third kappa shape index (κ3) is 5.84. The van der Waals surface area contributed by atoms with Crippen molar-refractivity contribution in [3.8, 4) is 0 Å². The van der Waals surface area contributed by atoms with E-state index < -0.39 is 33.5 Å². The second-order valence-corrected chi connectivity index (χ2v) is 7.10. The van der Waals surface area contributed by atoms with Gasteiger partial charge in [-0.1, -0.05) is 0 Å². The number of sulfone groups is 1. The number of thiophene rings is 1. The molecule has 1 aromatic rings. The quantitative estimate of drug-likeness (QED) is 0.754. The van der Waals surface area contributed by atoms with Crippen molar-refractivity contribution in [2.45, 2.75) is 19.4 Å². The zero-order chi connectivity index (χ0) is 14.5. The molecule has 0 fully saturated rings. The largest absolute Gasteiger partial charge is 0.480 e. The Hall–Kier alpha value is -1.41. The Bertz CT molecular complexity index is 535. The van der Waals surface area contributed by atoms with Gasteiger partial charge in [0.25, 0.3) is 0 Å². The zero-order valence-corrected chi connectivity index (χ0v) is 12.0. The number of rotatable bonds is 7. The fraction of sp³-hybridized carbons (Fsp3) is 0.455. The van der Waals surface area contributed by atoms with Crippen molar-refractivity contribution >= 4 is 33.1 Å². The van der Waals surface area contributed by atoms with Crippen molar-refractivity contribution in [2.75, 3.05) is 11.5 Å². The molecule has 0 aliphatic heterocycles. The molecule has 0 saturated heterocycles. The van der Waals surface area contributed by atoms with E-state index in [1.807, 2.05) is 16.8 Å². The number of carbonyl (C=O) groups is 2. The summed E-state index contributed by atoms with van der Waals surface area (Å²) >= 11 is 1.47. The first-order valence-corrected chi connectivity index (χ1v) is 8.28. The fourth-order valence-electron chi connectivity index (χ4n) is 1.47. The van der Waals surface area contributed by atoms with E-state index in [-0.39, 0.29) is 5.75 Å². The van der Waals surface area contributed by atoms with Crippen molar-refractivity contribution in [3.63, 3.8) is 0 Å². The van der Waals surface area contributed by atoms with E-state index in [0.717, 1.165) is 12.5 Å². The smallest absolute Gasteiger partial charge is 0.327 e. The van der Waals surface area contributed by atoms with Gasteiger partial charge in [0.2, 0.25) is 5.91 Å². The summed E-state index contributed by atoms with van der Waals surface area (Å²) in [6.45, 7) is 1.15. The highest BCUT2D eigenvalue weighted by molar-refractivity contribution is 7.91. The van der Waals surface area contributed by atoms with E-state index in [9.17, 15) is 18.0 Å². The van der Waals surface area contributed by atoms with E-state index in [4.69, 9.17) is 5.11 Å². The molecule has 0 aliphatic carbocycles. The van der Waals surface area contributed by atoms with Crippen LogP contribution in [-0.4, -0.2) is 42.9 Å². The molecule has 106 valence electrons. The lowest BCUT2D eigenvalue weighted by atomic mass is 10.3. The Morgan fingerprint density at radius 1 is 1.47 bits per heavy atom. The summed E-state index contributed by atoms with van der Waals surface area (Å²) in [7, 11) is -3.54. The third-order valence-electron chi connectivity index (χ3n) is 2.38. The summed E-state index contributed by atoms with van der Waals surface area (Å²) in [5.74, 6) is -2.64. The highest BCUT2D eigenvalue weighted by Crippen LogP contribution is 2.08. The number of carboxylic acids is 1. The highest BCUT2D eigenvalue weighted by atomic mass is 32.2. The topological polar surface area (TPSA) is 101 Å². The van der Waals surface area contributed by atoms with Crippen LogP contribution >= 0.6 is 11.3 Å². The van der Waals surface area contributed by atoms with E-state index >= 15 is 0 Å². The molecule has 1 heterocycles. The Labute approximate surface area is 115 Å². The van der Waals surface area contributed by atoms with Crippen LogP contribution < -0.4 is 5.32 Å². The molecule has 2 N–H and O–H groups in total. The molecule has 1 atom stereocenters. The molecule has 0 aliphatic rings.